The minimum atomic E-state index is -0.655. The van der Waals surface area contributed by atoms with E-state index in [1.54, 1.807) is 7.11 Å². The molecule has 0 heterocycles. The van der Waals surface area contributed by atoms with Gasteiger partial charge < -0.3 is 24.6 Å². The highest BCUT2D eigenvalue weighted by molar-refractivity contribution is 9.10. The normalized spacial score (nSPS) is 12.4. The predicted octanol–water partition coefficient (Wildman–Crippen LogP) is 1.57. The first-order valence-electron chi connectivity index (χ1n) is 6.48. The molecule has 1 unspecified atom stereocenters. The molecular weight excluding hydrogens is 326 g/mol. The highest BCUT2D eigenvalue weighted by atomic mass is 79.9. The standard InChI is InChI=1S/C14H22BrNO4/c1-16-8-11-7-12(15)3-4-14(11)20-10-13(17)9-19-6-5-18-2/h3-4,7,13,16-17H,5-6,8-10H2,1-2H3. The van der Waals surface area contributed by atoms with Gasteiger partial charge >= 0.3 is 0 Å². The maximum atomic E-state index is 9.77. The Bertz CT molecular complexity index is 389. The summed E-state index contributed by atoms with van der Waals surface area (Å²) in [5.74, 6) is 0.762. The first-order valence-corrected chi connectivity index (χ1v) is 7.27. The van der Waals surface area contributed by atoms with Crippen molar-refractivity contribution in [3.05, 3.63) is 28.2 Å². The van der Waals surface area contributed by atoms with Crippen LogP contribution in [0, 0.1) is 0 Å². The third-order valence-electron chi connectivity index (χ3n) is 2.56. The lowest BCUT2D eigenvalue weighted by Gasteiger charge is -2.15. The molecule has 0 aliphatic carbocycles. The summed E-state index contributed by atoms with van der Waals surface area (Å²) in [6.45, 7) is 2.13. The Balaban J connectivity index is 2.40. The quantitative estimate of drug-likeness (QED) is 0.629. The van der Waals surface area contributed by atoms with Crippen molar-refractivity contribution in [1.82, 2.24) is 5.32 Å². The molecule has 6 heteroatoms. The molecule has 1 rings (SSSR count). The van der Waals surface area contributed by atoms with Gasteiger partial charge in [0.2, 0.25) is 0 Å². The van der Waals surface area contributed by atoms with Crippen LogP contribution in [0.15, 0.2) is 22.7 Å². The molecule has 20 heavy (non-hydrogen) atoms. The van der Waals surface area contributed by atoms with Crippen molar-refractivity contribution in [3.63, 3.8) is 0 Å². The molecule has 0 bridgehead atoms. The van der Waals surface area contributed by atoms with E-state index < -0.39 is 6.10 Å². The molecule has 0 saturated heterocycles. The van der Waals surface area contributed by atoms with Crippen molar-refractivity contribution in [1.29, 1.82) is 0 Å². The molecule has 5 nitrogen and oxygen atoms in total. The topological polar surface area (TPSA) is 60.0 Å². The lowest BCUT2D eigenvalue weighted by Crippen LogP contribution is -2.24. The molecule has 1 atom stereocenters. The van der Waals surface area contributed by atoms with Gasteiger partial charge in [0.15, 0.2) is 0 Å². The van der Waals surface area contributed by atoms with E-state index in [0.717, 1.165) is 15.8 Å². The fourth-order valence-corrected chi connectivity index (χ4v) is 2.02. The maximum Gasteiger partial charge on any atom is 0.124 e. The van der Waals surface area contributed by atoms with Gasteiger partial charge in [0.05, 0.1) is 19.8 Å². The third-order valence-corrected chi connectivity index (χ3v) is 3.06. The maximum absolute atomic E-state index is 9.77. The minimum Gasteiger partial charge on any atom is -0.490 e. The second-order valence-corrected chi connectivity index (χ2v) is 5.23. The van der Waals surface area contributed by atoms with Crippen LogP contribution in [0.2, 0.25) is 0 Å². The van der Waals surface area contributed by atoms with Crippen molar-refractivity contribution >= 4 is 15.9 Å². The number of aliphatic hydroxyl groups is 1. The van der Waals surface area contributed by atoms with Crippen molar-refractivity contribution < 1.29 is 19.3 Å². The van der Waals surface area contributed by atoms with Crippen LogP contribution in [0.3, 0.4) is 0 Å². The Morgan fingerprint density at radius 1 is 1.30 bits per heavy atom. The average molecular weight is 348 g/mol. The van der Waals surface area contributed by atoms with E-state index in [0.29, 0.717) is 19.8 Å². The van der Waals surface area contributed by atoms with Crippen LogP contribution in [-0.2, 0) is 16.0 Å². The molecule has 0 radical (unpaired) electrons. The SMILES string of the molecule is CNCc1cc(Br)ccc1OCC(O)COCCOC. The van der Waals surface area contributed by atoms with Gasteiger partial charge in [0, 0.05) is 23.7 Å². The third kappa shape index (κ3) is 6.67. The van der Waals surface area contributed by atoms with Crippen LogP contribution in [-0.4, -0.2) is 51.8 Å². The number of ether oxygens (including phenoxy) is 3. The van der Waals surface area contributed by atoms with Crippen LogP contribution in [0.1, 0.15) is 5.56 Å². The van der Waals surface area contributed by atoms with Crippen LogP contribution in [0.4, 0.5) is 0 Å². The van der Waals surface area contributed by atoms with E-state index >= 15 is 0 Å². The Morgan fingerprint density at radius 2 is 2.10 bits per heavy atom. The summed E-state index contributed by atoms with van der Waals surface area (Å²) < 4.78 is 16.7. The Morgan fingerprint density at radius 3 is 2.80 bits per heavy atom. The van der Waals surface area contributed by atoms with Crippen molar-refractivity contribution in [2.75, 3.05) is 40.6 Å². The van der Waals surface area contributed by atoms with E-state index in [2.05, 4.69) is 21.2 Å². The largest absolute Gasteiger partial charge is 0.490 e. The highest BCUT2D eigenvalue weighted by Crippen LogP contribution is 2.23. The molecule has 114 valence electrons. The molecule has 0 fully saturated rings. The van der Waals surface area contributed by atoms with Gasteiger partial charge in [-0.25, -0.2) is 0 Å². The molecular formula is C14H22BrNO4. The van der Waals surface area contributed by atoms with Gasteiger partial charge in [-0.05, 0) is 25.2 Å². The highest BCUT2D eigenvalue weighted by Gasteiger charge is 2.09. The van der Waals surface area contributed by atoms with Gasteiger partial charge in [0.25, 0.3) is 0 Å². The monoisotopic (exact) mass is 347 g/mol. The fraction of sp³-hybridized carbons (Fsp3) is 0.571. The number of benzene rings is 1. The number of hydrogen-bond acceptors (Lipinski definition) is 5. The molecule has 0 spiro atoms. The Hall–Kier alpha value is -0.660. The van der Waals surface area contributed by atoms with Crippen LogP contribution < -0.4 is 10.1 Å². The molecule has 1 aromatic carbocycles. The van der Waals surface area contributed by atoms with Gasteiger partial charge in [-0.15, -0.1) is 0 Å². The number of nitrogens with one attached hydrogen (secondary N) is 1. The predicted molar refractivity (Wildman–Crippen MR) is 81.1 cm³/mol. The summed E-state index contributed by atoms with van der Waals surface area (Å²) >= 11 is 3.43. The van der Waals surface area contributed by atoms with E-state index in [-0.39, 0.29) is 13.2 Å². The van der Waals surface area contributed by atoms with Crippen LogP contribution in [0.25, 0.3) is 0 Å². The van der Waals surface area contributed by atoms with Crippen molar-refractivity contribution in [2.24, 2.45) is 0 Å². The summed E-state index contributed by atoms with van der Waals surface area (Å²) in [6.07, 6.45) is -0.655. The Kier molecular flexibility index (Phi) is 8.80. The van der Waals surface area contributed by atoms with E-state index in [1.165, 1.54) is 0 Å². The summed E-state index contributed by atoms with van der Waals surface area (Å²) in [7, 11) is 3.49. The van der Waals surface area contributed by atoms with Gasteiger partial charge in [0.1, 0.15) is 18.5 Å². The number of aliphatic hydroxyl groups excluding tert-OH is 1. The van der Waals surface area contributed by atoms with Gasteiger partial charge in [-0.1, -0.05) is 15.9 Å². The van der Waals surface area contributed by atoms with Crippen LogP contribution >= 0.6 is 15.9 Å². The second kappa shape index (κ2) is 10.1. The lowest BCUT2D eigenvalue weighted by molar-refractivity contribution is -0.00432. The molecule has 0 aromatic heterocycles. The summed E-state index contributed by atoms with van der Waals surface area (Å²) in [5, 5.41) is 12.9. The molecule has 1 aromatic rings. The number of rotatable bonds is 10. The number of halogens is 1. The molecule has 0 aliphatic rings. The van der Waals surface area contributed by atoms with E-state index in [1.807, 2.05) is 25.2 Å². The molecule has 0 aliphatic heterocycles. The lowest BCUT2D eigenvalue weighted by atomic mass is 10.2. The fourth-order valence-electron chi connectivity index (χ4n) is 1.61. The minimum absolute atomic E-state index is 0.200. The molecule has 2 N–H and O–H groups in total. The van der Waals surface area contributed by atoms with Crippen LogP contribution in [0.5, 0.6) is 5.75 Å². The molecule has 0 amide bonds. The summed E-state index contributed by atoms with van der Waals surface area (Å²) in [6, 6.07) is 5.79. The van der Waals surface area contributed by atoms with Crippen molar-refractivity contribution in [3.8, 4) is 5.75 Å². The second-order valence-electron chi connectivity index (χ2n) is 4.31. The van der Waals surface area contributed by atoms with E-state index in [4.69, 9.17) is 14.2 Å². The smallest absolute Gasteiger partial charge is 0.124 e. The Labute approximate surface area is 128 Å². The first-order chi connectivity index (χ1) is 9.67. The average Bonchev–Trinajstić information content (AvgIpc) is 2.43. The number of methoxy groups -OCH3 is 1. The summed E-state index contributed by atoms with van der Waals surface area (Å²) in [4.78, 5) is 0. The first kappa shape index (κ1) is 17.4. The zero-order valence-electron chi connectivity index (χ0n) is 11.9. The zero-order chi connectivity index (χ0) is 14.8. The zero-order valence-corrected chi connectivity index (χ0v) is 13.5. The van der Waals surface area contributed by atoms with E-state index in [9.17, 15) is 5.11 Å². The number of hydrogen-bond donors (Lipinski definition) is 2. The van der Waals surface area contributed by atoms with Crippen molar-refractivity contribution in [2.45, 2.75) is 12.6 Å². The summed E-state index contributed by atoms with van der Waals surface area (Å²) in [5.41, 5.74) is 1.04. The van der Waals surface area contributed by atoms with Gasteiger partial charge in [-0.2, -0.15) is 0 Å². The van der Waals surface area contributed by atoms with Gasteiger partial charge in [-0.3, -0.25) is 0 Å². The molecule has 0 saturated carbocycles.